The Bertz CT molecular complexity index is 1050. The fraction of sp³-hybridized carbons (Fsp3) is 0.316. The molecular weight excluding hydrogens is 501 g/mol. The van der Waals surface area contributed by atoms with Crippen LogP contribution in [0.25, 0.3) is 0 Å². The molecule has 0 aliphatic carbocycles. The fourth-order valence-corrected chi connectivity index (χ4v) is 5.53. The van der Waals surface area contributed by atoms with Gasteiger partial charge in [0.25, 0.3) is 0 Å². The topological polar surface area (TPSA) is 108 Å². The Morgan fingerprint density at radius 1 is 1.23 bits per heavy atom. The number of amides is 2. The monoisotopic (exact) mass is 521 g/mol. The van der Waals surface area contributed by atoms with Crippen molar-refractivity contribution in [3.05, 3.63) is 46.7 Å². The number of halogens is 3. The molecule has 0 saturated carbocycles. The van der Waals surface area contributed by atoms with Crippen LogP contribution in [-0.2, 0) is 9.84 Å². The molecule has 0 bridgehead atoms. The van der Waals surface area contributed by atoms with Crippen LogP contribution in [0.4, 0.5) is 20.6 Å². The standard InChI is InChI=1S/C19H21ClFN3O4S.BrH/c1-11-14(21)5-2-6-15(11)23-19(26)24-16-8-7-13(20)18(17(16)25)29(27,28)12-4-3-9-22-10-12;/h2,5-8,12,22,25H,3-4,9-10H2,1H3,(H2,23,24,26);1H/t12-;/m0./s1. The molecule has 164 valence electrons. The van der Waals surface area contributed by atoms with E-state index in [1.54, 1.807) is 0 Å². The highest BCUT2D eigenvalue weighted by atomic mass is 79.9. The summed E-state index contributed by atoms with van der Waals surface area (Å²) in [6.45, 7) is 2.50. The van der Waals surface area contributed by atoms with E-state index in [0.29, 0.717) is 12.8 Å². The average Bonchev–Trinajstić information content (AvgIpc) is 2.68. The van der Waals surface area contributed by atoms with Gasteiger partial charge in [-0.2, -0.15) is 0 Å². The first-order valence-electron chi connectivity index (χ1n) is 9.01. The van der Waals surface area contributed by atoms with E-state index in [1.165, 1.54) is 37.3 Å². The summed E-state index contributed by atoms with van der Waals surface area (Å²) in [6, 6.07) is 6.06. The molecule has 11 heteroatoms. The van der Waals surface area contributed by atoms with Crippen molar-refractivity contribution in [3.8, 4) is 5.75 Å². The number of aromatic hydroxyl groups is 1. The first-order chi connectivity index (χ1) is 13.7. The van der Waals surface area contributed by atoms with Crippen LogP contribution in [0.1, 0.15) is 18.4 Å². The van der Waals surface area contributed by atoms with Gasteiger partial charge >= 0.3 is 6.03 Å². The minimum atomic E-state index is -3.92. The SMILES string of the molecule is Br.Cc1c(F)cccc1NC(=O)Nc1ccc(Cl)c(S(=O)(=O)[C@H]2CCCNC2)c1O. The molecule has 1 heterocycles. The summed E-state index contributed by atoms with van der Waals surface area (Å²) in [5, 5.41) is 17.6. The number of phenolic OH excluding ortho intramolecular Hbond substituents is 1. The van der Waals surface area contributed by atoms with Gasteiger partial charge in [0.05, 0.1) is 16.0 Å². The quantitative estimate of drug-likeness (QED) is 0.449. The second-order valence-electron chi connectivity index (χ2n) is 6.78. The highest BCUT2D eigenvalue weighted by Gasteiger charge is 2.34. The van der Waals surface area contributed by atoms with E-state index in [1.807, 2.05) is 0 Å². The van der Waals surface area contributed by atoms with Crippen molar-refractivity contribution in [3.63, 3.8) is 0 Å². The number of sulfone groups is 1. The summed E-state index contributed by atoms with van der Waals surface area (Å²) in [5.74, 6) is -1.11. The summed E-state index contributed by atoms with van der Waals surface area (Å²) in [4.78, 5) is 11.9. The molecule has 2 amide bonds. The van der Waals surface area contributed by atoms with E-state index < -0.39 is 37.6 Å². The molecule has 3 rings (SSSR count). The third kappa shape index (κ3) is 5.05. The zero-order valence-electron chi connectivity index (χ0n) is 16.0. The first-order valence-corrected chi connectivity index (χ1v) is 10.9. The van der Waals surface area contributed by atoms with Crippen molar-refractivity contribution in [2.45, 2.75) is 29.9 Å². The largest absolute Gasteiger partial charge is 0.504 e. The molecule has 0 aromatic heterocycles. The lowest BCUT2D eigenvalue weighted by Gasteiger charge is -2.24. The maximum absolute atomic E-state index is 13.6. The van der Waals surface area contributed by atoms with Crippen LogP contribution in [0.2, 0.25) is 5.02 Å². The number of rotatable bonds is 4. The molecule has 0 radical (unpaired) electrons. The molecule has 1 aliphatic heterocycles. The van der Waals surface area contributed by atoms with Gasteiger partial charge in [-0.1, -0.05) is 17.7 Å². The lowest BCUT2D eigenvalue weighted by atomic mass is 10.2. The predicted octanol–water partition coefficient (Wildman–Crippen LogP) is 4.24. The van der Waals surface area contributed by atoms with Crippen molar-refractivity contribution in [2.75, 3.05) is 23.7 Å². The number of hydrogen-bond donors (Lipinski definition) is 4. The third-order valence-corrected chi connectivity index (χ3v) is 7.51. The van der Waals surface area contributed by atoms with Gasteiger partial charge in [0.15, 0.2) is 15.6 Å². The number of hydrogen-bond acceptors (Lipinski definition) is 5. The van der Waals surface area contributed by atoms with Gasteiger partial charge in [-0.25, -0.2) is 17.6 Å². The van der Waals surface area contributed by atoms with Crippen LogP contribution in [0.5, 0.6) is 5.75 Å². The minimum Gasteiger partial charge on any atom is -0.504 e. The van der Waals surface area contributed by atoms with Gasteiger partial charge in [0.2, 0.25) is 0 Å². The van der Waals surface area contributed by atoms with E-state index >= 15 is 0 Å². The number of urea groups is 1. The molecule has 2 aromatic rings. The van der Waals surface area contributed by atoms with Gasteiger partial charge in [0.1, 0.15) is 10.7 Å². The third-order valence-electron chi connectivity index (χ3n) is 4.82. The molecule has 1 saturated heterocycles. The normalized spacial score (nSPS) is 16.4. The van der Waals surface area contributed by atoms with Crippen molar-refractivity contribution in [2.24, 2.45) is 0 Å². The number of anilines is 2. The summed E-state index contributed by atoms with van der Waals surface area (Å²) >= 11 is 6.08. The summed E-state index contributed by atoms with van der Waals surface area (Å²) in [5.41, 5.74) is 0.372. The van der Waals surface area contributed by atoms with E-state index in [4.69, 9.17) is 11.6 Å². The molecule has 1 aliphatic rings. The molecule has 30 heavy (non-hydrogen) atoms. The lowest BCUT2D eigenvalue weighted by molar-refractivity contribution is 0.262. The van der Waals surface area contributed by atoms with E-state index in [-0.39, 0.29) is 45.5 Å². The molecular formula is C19H22BrClFN3O4S. The molecule has 7 nitrogen and oxygen atoms in total. The van der Waals surface area contributed by atoms with Crippen LogP contribution in [0, 0.1) is 12.7 Å². The number of phenols is 1. The minimum absolute atomic E-state index is 0. The number of piperidine rings is 1. The Hall–Kier alpha value is -1.88. The number of benzene rings is 2. The van der Waals surface area contributed by atoms with Crippen molar-refractivity contribution >= 4 is 55.8 Å². The highest BCUT2D eigenvalue weighted by molar-refractivity contribution is 8.93. The molecule has 1 fully saturated rings. The molecule has 0 unspecified atom stereocenters. The second-order valence-corrected chi connectivity index (χ2v) is 9.35. The summed E-state index contributed by atoms with van der Waals surface area (Å²) < 4.78 is 39.6. The Balaban J connectivity index is 0.00000320. The predicted molar refractivity (Wildman–Crippen MR) is 120 cm³/mol. The van der Waals surface area contributed by atoms with Crippen LogP contribution in [0.15, 0.2) is 35.2 Å². The molecule has 0 spiro atoms. The van der Waals surface area contributed by atoms with Crippen LogP contribution in [-0.4, -0.2) is 37.9 Å². The smallest absolute Gasteiger partial charge is 0.323 e. The van der Waals surface area contributed by atoms with E-state index in [2.05, 4.69) is 16.0 Å². The van der Waals surface area contributed by atoms with Crippen molar-refractivity contribution < 1.29 is 22.7 Å². The highest BCUT2D eigenvalue weighted by Crippen LogP contribution is 2.39. The number of nitrogens with one attached hydrogen (secondary N) is 3. The Morgan fingerprint density at radius 2 is 1.93 bits per heavy atom. The zero-order valence-corrected chi connectivity index (χ0v) is 19.3. The Labute approximate surface area is 189 Å². The number of carbonyl (C=O) groups excluding carboxylic acids is 1. The molecule has 4 N–H and O–H groups in total. The van der Waals surface area contributed by atoms with E-state index in [9.17, 15) is 22.7 Å². The van der Waals surface area contributed by atoms with Gasteiger partial charge in [-0.15, -0.1) is 17.0 Å². The van der Waals surface area contributed by atoms with Crippen molar-refractivity contribution in [1.29, 1.82) is 0 Å². The van der Waals surface area contributed by atoms with Gasteiger partial charge < -0.3 is 21.1 Å². The average molecular weight is 523 g/mol. The first kappa shape index (κ1) is 24.4. The Kier molecular flexibility index (Phi) is 8.09. The summed E-state index contributed by atoms with van der Waals surface area (Å²) in [7, 11) is -3.92. The summed E-state index contributed by atoms with van der Waals surface area (Å²) in [6.07, 6.45) is 1.14. The van der Waals surface area contributed by atoms with Crippen LogP contribution < -0.4 is 16.0 Å². The fourth-order valence-electron chi connectivity index (χ4n) is 3.19. The second kappa shape index (κ2) is 9.95. The van der Waals surface area contributed by atoms with Crippen LogP contribution >= 0.6 is 28.6 Å². The van der Waals surface area contributed by atoms with E-state index in [0.717, 1.165) is 6.54 Å². The molecule has 1 atom stereocenters. The Morgan fingerprint density at radius 3 is 2.60 bits per heavy atom. The van der Waals surface area contributed by atoms with Crippen molar-refractivity contribution in [1.82, 2.24) is 5.32 Å². The van der Waals surface area contributed by atoms with Crippen LogP contribution in [0.3, 0.4) is 0 Å². The van der Waals surface area contributed by atoms with Gasteiger partial charge in [-0.05, 0) is 50.6 Å². The zero-order chi connectivity index (χ0) is 21.2. The van der Waals surface area contributed by atoms with Gasteiger partial charge in [0, 0.05) is 17.8 Å². The lowest BCUT2D eigenvalue weighted by Crippen LogP contribution is -2.38. The maximum atomic E-state index is 13.6. The molecule has 2 aromatic carbocycles. The maximum Gasteiger partial charge on any atom is 0.323 e. The van der Waals surface area contributed by atoms with Gasteiger partial charge in [-0.3, -0.25) is 0 Å². The number of carbonyl (C=O) groups is 1.